The Labute approximate surface area is 150 Å². The molecule has 0 bridgehead atoms. The summed E-state index contributed by atoms with van der Waals surface area (Å²) in [5, 5.41) is 36.9. The Hall–Kier alpha value is -3.68. The SMILES string of the molecule is Cc1cc(C#N)c(N)c(C#N)c1-c1nnn(Cc2ccccc2)c1CO. The topological polar surface area (TPSA) is 125 Å². The van der Waals surface area contributed by atoms with Crippen LogP contribution in [0, 0.1) is 29.6 Å². The molecule has 7 nitrogen and oxygen atoms in total. The lowest BCUT2D eigenvalue weighted by atomic mass is 9.94. The van der Waals surface area contributed by atoms with E-state index in [0.29, 0.717) is 29.1 Å². The summed E-state index contributed by atoms with van der Waals surface area (Å²) < 4.78 is 1.60. The van der Waals surface area contributed by atoms with Gasteiger partial charge in [0.1, 0.15) is 17.8 Å². The number of nitrogen functional groups attached to an aromatic ring is 1. The van der Waals surface area contributed by atoms with E-state index >= 15 is 0 Å². The minimum atomic E-state index is -0.292. The quantitative estimate of drug-likeness (QED) is 0.698. The molecule has 128 valence electrons. The summed E-state index contributed by atoms with van der Waals surface area (Å²) in [6.45, 7) is 1.92. The zero-order valence-electron chi connectivity index (χ0n) is 14.1. The maximum Gasteiger partial charge on any atom is 0.120 e. The van der Waals surface area contributed by atoms with Gasteiger partial charge in [-0.2, -0.15) is 10.5 Å². The third-order valence-corrected chi connectivity index (χ3v) is 4.20. The summed E-state index contributed by atoms with van der Waals surface area (Å²) in [6, 6.07) is 15.3. The van der Waals surface area contributed by atoms with Gasteiger partial charge in [-0.3, -0.25) is 0 Å². The molecular weight excluding hydrogens is 328 g/mol. The van der Waals surface area contributed by atoms with Gasteiger partial charge in [-0.1, -0.05) is 35.5 Å². The van der Waals surface area contributed by atoms with Crippen molar-refractivity contribution in [3.63, 3.8) is 0 Å². The van der Waals surface area contributed by atoms with Crippen LogP contribution in [0.1, 0.15) is 27.9 Å². The normalized spacial score (nSPS) is 10.3. The van der Waals surface area contributed by atoms with Crippen LogP contribution >= 0.6 is 0 Å². The minimum absolute atomic E-state index is 0.108. The number of aryl methyl sites for hydroxylation is 1. The molecule has 1 aromatic heterocycles. The van der Waals surface area contributed by atoms with Gasteiger partial charge in [0, 0.05) is 5.56 Å². The van der Waals surface area contributed by atoms with Crippen molar-refractivity contribution in [1.82, 2.24) is 15.0 Å². The number of aliphatic hydroxyl groups is 1. The second-order valence-electron chi connectivity index (χ2n) is 5.81. The van der Waals surface area contributed by atoms with Crippen LogP contribution in [-0.4, -0.2) is 20.1 Å². The Balaban J connectivity index is 2.16. The van der Waals surface area contributed by atoms with Gasteiger partial charge in [0.2, 0.25) is 0 Å². The van der Waals surface area contributed by atoms with E-state index in [0.717, 1.165) is 5.56 Å². The third-order valence-electron chi connectivity index (χ3n) is 4.20. The Morgan fingerprint density at radius 2 is 1.92 bits per heavy atom. The molecule has 3 rings (SSSR count). The molecule has 2 aromatic carbocycles. The molecule has 0 fully saturated rings. The number of aliphatic hydroxyl groups excluding tert-OH is 1. The van der Waals surface area contributed by atoms with Gasteiger partial charge >= 0.3 is 0 Å². The molecule has 0 aliphatic heterocycles. The van der Waals surface area contributed by atoms with E-state index in [1.807, 2.05) is 36.4 Å². The van der Waals surface area contributed by atoms with E-state index in [1.54, 1.807) is 17.7 Å². The van der Waals surface area contributed by atoms with Crippen LogP contribution in [0.3, 0.4) is 0 Å². The van der Waals surface area contributed by atoms with E-state index in [4.69, 9.17) is 5.73 Å². The van der Waals surface area contributed by atoms with Crippen LogP contribution in [0.15, 0.2) is 36.4 Å². The first kappa shape index (κ1) is 17.2. The molecule has 0 unspecified atom stereocenters. The van der Waals surface area contributed by atoms with Crippen LogP contribution in [-0.2, 0) is 13.2 Å². The van der Waals surface area contributed by atoms with Crippen molar-refractivity contribution in [2.45, 2.75) is 20.1 Å². The average molecular weight is 344 g/mol. The van der Waals surface area contributed by atoms with Gasteiger partial charge in [-0.15, -0.1) is 5.10 Å². The number of anilines is 1. The van der Waals surface area contributed by atoms with Gasteiger partial charge in [0.25, 0.3) is 0 Å². The number of nitriles is 2. The van der Waals surface area contributed by atoms with E-state index < -0.39 is 0 Å². The molecule has 0 saturated heterocycles. The molecule has 3 aromatic rings. The van der Waals surface area contributed by atoms with Crippen molar-refractivity contribution in [3.8, 4) is 23.4 Å². The Bertz CT molecular complexity index is 1040. The predicted octanol–water partition coefficient (Wildman–Crippen LogP) is 2.12. The Morgan fingerprint density at radius 3 is 2.54 bits per heavy atom. The number of nitrogens with zero attached hydrogens (tertiary/aromatic N) is 5. The Kier molecular flexibility index (Phi) is 4.66. The number of rotatable bonds is 4. The van der Waals surface area contributed by atoms with Crippen LogP contribution in [0.2, 0.25) is 0 Å². The summed E-state index contributed by atoms with van der Waals surface area (Å²) in [4.78, 5) is 0. The maximum atomic E-state index is 9.88. The highest BCUT2D eigenvalue weighted by Gasteiger charge is 2.22. The predicted molar refractivity (Wildman–Crippen MR) is 95.5 cm³/mol. The first-order valence-corrected chi connectivity index (χ1v) is 7.91. The maximum absolute atomic E-state index is 9.88. The number of benzene rings is 2. The highest BCUT2D eigenvalue weighted by atomic mass is 16.3. The van der Waals surface area contributed by atoms with Gasteiger partial charge in [-0.05, 0) is 24.1 Å². The van der Waals surface area contributed by atoms with Gasteiger partial charge < -0.3 is 10.8 Å². The van der Waals surface area contributed by atoms with Crippen molar-refractivity contribution in [3.05, 3.63) is 64.3 Å². The molecule has 26 heavy (non-hydrogen) atoms. The lowest BCUT2D eigenvalue weighted by Gasteiger charge is -2.12. The van der Waals surface area contributed by atoms with E-state index in [-0.39, 0.29) is 23.4 Å². The number of nitrogens with two attached hydrogens (primary N) is 1. The molecule has 0 radical (unpaired) electrons. The fourth-order valence-corrected chi connectivity index (χ4v) is 2.91. The van der Waals surface area contributed by atoms with Gasteiger partial charge in [0.05, 0.1) is 35.7 Å². The molecule has 1 heterocycles. The van der Waals surface area contributed by atoms with E-state index in [2.05, 4.69) is 16.4 Å². The van der Waals surface area contributed by atoms with Crippen LogP contribution < -0.4 is 5.73 Å². The summed E-state index contributed by atoms with van der Waals surface area (Å²) in [7, 11) is 0. The van der Waals surface area contributed by atoms with Crippen molar-refractivity contribution in [2.24, 2.45) is 0 Å². The first-order valence-electron chi connectivity index (χ1n) is 7.91. The smallest absolute Gasteiger partial charge is 0.120 e. The largest absolute Gasteiger partial charge is 0.397 e. The summed E-state index contributed by atoms with van der Waals surface area (Å²) in [5.74, 6) is 0. The van der Waals surface area contributed by atoms with Crippen molar-refractivity contribution in [1.29, 1.82) is 10.5 Å². The molecular formula is C19H16N6O. The van der Waals surface area contributed by atoms with Gasteiger partial charge in [-0.25, -0.2) is 4.68 Å². The fraction of sp³-hybridized carbons (Fsp3) is 0.158. The van der Waals surface area contributed by atoms with E-state index in [9.17, 15) is 15.6 Å². The van der Waals surface area contributed by atoms with Gasteiger partial charge in [0.15, 0.2) is 0 Å². The van der Waals surface area contributed by atoms with Crippen molar-refractivity contribution < 1.29 is 5.11 Å². The molecule has 0 aliphatic rings. The molecule has 0 spiro atoms. The first-order chi connectivity index (χ1) is 12.6. The molecule has 0 atom stereocenters. The second-order valence-corrected chi connectivity index (χ2v) is 5.81. The molecule has 0 saturated carbocycles. The lowest BCUT2D eigenvalue weighted by molar-refractivity contribution is 0.269. The standard InChI is InChI=1S/C19H16N6O/c1-12-7-14(8-20)18(22)15(9-21)17(12)19-16(11-26)25(24-23-19)10-13-5-3-2-4-6-13/h2-7,26H,10-11,22H2,1H3. The number of aromatic nitrogens is 3. The second kappa shape index (κ2) is 7.06. The van der Waals surface area contributed by atoms with E-state index in [1.165, 1.54) is 0 Å². The minimum Gasteiger partial charge on any atom is -0.397 e. The molecule has 3 N–H and O–H groups in total. The third kappa shape index (κ3) is 2.88. The molecule has 0 amide bonds. The zero-order chi connectivity index (χ0) is 18.7. The average Bonchev–Trinajstić information content (AvgIpc) is 3.05. The highest BCUT2D eigenvalue weighted by Crippen LogP contribution is 2.34. The summed E-state index contributed by atoms with van der Waals surface area (Å²) >= 11 is 0. The Morgan fingerprint density at radius 1 is 1.19 bits per heavy atom. The van der Waals surface area contributed by atoms with Crippen LogP contribution in [0.5, 0.6) is 0 Å². The lowest BCUT2D eigenvalue weighted by Crippen LogP contribution is -2.07. The summed E-state index contributed by atoms with van der Waals surface area (Å²) in [5.41, 5.74) is 9.55. The number of hydrogen-bond donors (Lipinski definition) is 2. The van der Waals surface area contributed by atoms with Crippen LogP contribution in [0.4, 0.5) is 5.69 Å². The number of hydrogen-bond acceptors (Lipinski definition) is 6. The molecule has 7 heteroatoms. The van der Waals surface area contributed by atoms with Crippen molar-refractivity contribution in [2.75, 3.05) is 5.73 Å². The summed E-state index contributed by atoms with van der Waals surface area (Å²) in [6.07, 6.45) is 0. The zero-order valence-corrected chi connectivity index (χ0v) is 14.1. The molecule has 0 aliphatic carbocycles. The monoisotopic (exact) mass is 344 g/mol. The highest BCUT2D eigenvalue weighted by molar-refractivity contribution is 5.82. The van der Waals surface area contributed by atoms with Crippen LogP contribution in [0.25, 0.3) is 11.3 Å². The fourth-order valence-electron chi connectivity index (χ4n) is 2.91. The van der Waals surface area contributed by atoms with Crippen molar-refractivity contribution >= 4 is 5.69 Å².